The van der Waals surface area contributed by atoms with Crippen LogP contribution in [0.1, 0.15) is 17.2 Å². The highest BCUT2D eigenvalue weighted by molar-refractivity contribution is 5.16. The third-order valence-electron chi connectivity index (χ3n) is 2.01. The van der Waals surface area contributed by atoms with E-state index in [0.717, 1.165) is 31.8 Å². The molecule has 2 heterocycles. The highest BCUT2D eigenvalue weighted by Crippen LogP contribution is 2.09. The van der Waals surface area contributed by atoms with Gasteiger partial charge in [-0.2, -0.15) is 0 Å². The Kier molecular flexibility index (Phi) is 1.66. The fourth-order valence-electron chi connectivity index (χ4n) is 1.49. The summed E-state index contributed by atoms with van der Waals surface area (Å²) in [4.78, 5) is 7.66. The number of aromatic nitrogens is 2. The number of hydrogen-bond acceptors (Lipinski definition) is 1. The lowest BCUT2D eigenvalue weighted by atomic mass is 10.2. The smallest absolute Gasteiger partial charge is 0.103 e. The minimum Gasteiger partial charge on any atom is -0.346 e. The minimum atomic E-state index is 0.942. The molecule has 0 aliphatic carbocycles. The summed E-state index contributed by atoms with van der Waals surface area (Å²) in [7, 11) is 0. The van der Waals surface area contributed by atoms with Gasteiger partial charge in [0.15, 0.2) is 0 Å². The number of fused-ring (bicyclic) bond motifs is 1. The third-order valence-corrected chi connectivity index (χ3v) is 2.01. The standard InChI is InChI=1S/C8H12N3/c1-6-10-7-2-4-9-5-3-8(7)11-6/h2-5H2,1H3,(H,10,11). The minimum absolute atomic E-state index is 0.942. The molecule has 0 spiro atoms. The average molecular weight is 150 g/mol. The van der Waals surface area contributed by atoms with Crippen molar-refractivity contribution < 1.29 is 0 Å². The second-order valence-electron chi connectivity index (χ2n) is 2.92. The summed E-state index contributed by atoms with van der Waals surface area (Å²) in [5.74, 6) is 1.04. The van der Waals surface area contributed by atoms with E-state index in [1.807, 2.05) is 6.92 Å². The second kappa shape index (κ2) is 2.66. The molecule has 0 unspecified atom stereocenters. The summed E-state index contributed by atoms with van der Waals surface area (Å²) in [5, 5.41) is 4.33. The number of H-pyrrole nitrogens is 1. The van der Waals surface area contributed by atoms with Gasteiger partial charge in [-0.3, -0.25) is 0 Å². The van der Waals surface area contributed by atoms with E-state index < -0.39 is 0 Å². The number of aromatic amines is 1. The maximum Gasteiger partial charge on any atom is 0.103 e. The molecule has 1 aromatic heterocycles. The monoisotopic (exact) mass is 150 g/mol. The SMILES string of the molecule is Cc1nc2c([nH]1)CC[N]CC2. The summed E-state index contributed by atoms with van der Waals surface area (Å²) >= 11 is 0. The van der Waals surface area contributed by atoms with E-state index in [-0.39, 0.29) is 0 Å². The Morgan fingerprint density at radius 3 is 3.00 bits per heavy atom. The molecular formula is C8H12N3. The van der Waals surface area contributed by atoms with Crippen LogP contribution in [0, 0.1) is 6.92 Å². The quantitative estimate of drug-likeness (QED) is 0.572. The predicted molar refractivity (Wildman–Crippen MR) is 42.6 cm³/mol. The van der Waals surface area contributed by atoms with Gasteiger partial charge in [0.05, 0.1) is 5.69 Å². The Morgan fingerprint density at radius 2 is 2.09 bits per heavy atom. The van der Waals surface area contributed by atoms with Crippen LogP contribution in [0.5, 0.6) is 0 Å². The molecule has 11 heavy (non-hydrogen) atoms. The second-order valence-corrected chi connectivity index (χ2v) is 2.92. The highest BCUT2D eigenvalue weighted by Gasteiger charge is 2.10. The lowest BCUT2D eigenvalue weighted by Crippen LogP contribution is -2.08. The van der Waals surface area contributed by atoms with Crippen LogP contribution < -0.4 is 5.32 Å². The van der Waals surface area contributed by atoms with Crippen LogP contribution in [0.3, 0.4) is 0 Å². The van der Waals surface area contributed by atoms with Crippen LogP contribution in [-0.2, 0) is 12.8 Å². The fraction of sp³-hybridized carbons (Fsp3) is 0.625. The largest absolute Gasteiger partial charge is 0.346 e. The van der Waals surface area contributed by atoms with Gasteiger partial charge in [-0.05, 0) is 6.92 Å². The van der Waals surface area contributed by atoms with Crippen molar-refractivity contribution in [3.05, 3.63) is 17.2 Å². The van der Waals surface area contributed by atoms with Crippen molar-refractivity contribution in [2.24, 2.45) is 0 Å². The van der Waals surface area contributed by atoms with Gasteiger partial charge in [0.1, 0.15) is 5.82 Å². The Labute approximate surface area is 66.2 Å². The topological polar surface area (TPSA) is 42.8 Å². The summed E-state index contributed by atoms with van der Waals surface area (Å²) in [6, 6.07) is 0. The number of nitrogens with one attached hydrogen (secondary N) is 1. The van der Waals surface area contributed by atoms with Crippen LogP contribution >= 0.6 is 0 Å². The van der Waals surface area contributed by atoms with E-state index in [2.05, 4.69) is 15.3 Å². The zero-order valence-corrected chi connectivity index (χ0v) is 6.72. The van der Waals surface area contributed by atoms with E-state index in [1.165, 1.54) is 11.4 Å². The molecule has 1 aliphatic heterocycles. The summed E-state index contributed by atoms with van der Waals surface area (Å²) < 4.78 is 0. The van der Waals surface area contributed by atoms with E-state index >= 15 is 0 Å². The molecule has 3 heteroatoms. The van der Waals surface area contributed by atoms with Gasteiger partial charge in [-0.25, -0.2) is 10.3 Å². The average Bonchev–Trinajstić information content (AvgIpc) is 2.17. The lowest BCUT2D eigenvalue weighted by Gasteiger charge is -1.91. The molecule has 0 atom stereocenters. The van der Waals surface area contributed by atoms with Crippen molar-refractivity contribution in [1.82, 2.24) is 15.3 Å². The van der Waals surface area contributed by atoms with Gasteiger partial charge in [0.2, 0.25) is 0 Å². The first-order valence-electron chi connectivity index (χ1n) is 4.04. The number of aryl methyl sites for hydroxylation is 1. The van der Waals surface area contributed by atoms with Crippen LogP contribution in [-0.4, -0.2) is 23.1 Å². The van der Waals surface area contributed by atoms with Gasteiger partial charge in [0, 0.05) is 31.6 Å². The molecule has 1 radical (unpaired) electrons. The predicted octanol–water partition coefficient (Wildman–Crippen LogP) is 0.421. The summed E-state index contributed by atoms with van der Waals surface area (Å²) in [6.45, 7) is 3.90. The number of imidazole rings is 1. The molecule has 0 saturated carbocycles. The van der Waals surface area contributed by atoms with Crippen molar-refractivity contribution in [3.63, 3.8) is 0 Å². The molecule has 0 amide bonds. The van der Waals surface area contributed by atoms with Gasteiger partial charge in [-0.1, -0.05) is 0 Å². The summed E-state index contributed by atoms with van der Waals surface area (Å²) in [5.41, 5.74) is 2.52. The number of nitrogens with zero attached hydrogens (tertiary/aromatic N) is 2. The third kappa shape index (κ3) is 1.28. The maximum absolute atomic E-state index is 4.40. The van der Waals surface area contributed by atoms with Crippen LogP contribution in [0.15, 0.2) is 0 Å². The number of hydrogen-bond donors (Lipinski definition) is 1. The molecule has 1 aliphatic rings. The number of rotatable bonds is 0. The molecule has 3 nitrogen and oxygen atoms in total. The Bertz CT molecular complexity index is 228. The first-order valence-corrected chi connectivity index (χ1v) is 4.04. The van der Waals surface area contributed by atoms with E-state index in [4.69, 9.17) is 0 Å². The molecule has 1 N–H and O–H groups in total. The van der Waals surface area contributed by atoms with Crippen molar-refractivity contribution in [2.75, 3.05) is 13.1 Å². The van der Waals surface area contributed by atoms with Crippen molar-refractivity contribution >= 4 is 0 Å². The van der Waals surface area contributed by atoms with Gasteiger partial charge < -0.3 is 4.98 Å². The van der Waals surface area contributed by atoms with Crippen molar-refractivity contribution in [1.29, 1.82) is 0 Å². The maximum atomic E-state index is 4.40. The molecule has 0 aromatic carbocycles. The molecule has 0 saturated heterocycles. The van der Waals surface area contributed by atoms with Crippen LogP contribution in [0.2, 0.25) is 0 Å². The highest BCUT2D eigenvalue weighted by atomic mass is 15.0. The zero-order chi connectivity index (χ0) is 7.68. The van der Waals surface area contributed by atoms with E-state index in [1.54, 1.807) is 0 Å². The van der Waals surface area contributed by atoms with E-state index in [0.29, 0.717) is 0 Å². The zero-order valence-electron chi connectivity index (χ0n) is 6.72. The van der Waals surface area contributed by atoms with Crippen LogP contribution in [0.4, 0.5) is 0 Å². The first-order chi connectivity index (χ1) is 5.36. The Balaban J connectivity index is 2.32. The van der Waals surface area contributed by atoms with Gasteiger partial charge >= 0.3 is 0 Å². The Morgan fingerprint density at radius 1 is 1.27 bits per heavy atom. The van der Waals surface area contributed by atoms with Gasteiger partial charge in [-0.15, -0.1) is 0 Å². The van der Waals surface area contributed by atoms with Crippen molar-refractivity contribution in [2.45, 2.75) is 19.8 Å². The first kappa shape index (κ1) is 6.85. The summed E-state index contributed by atoms with van der Waals surface area (Å²) in [6.07, 6.45) is 2.05. The lowest BCUT2D eigenvalue weighted by molar-refractivity contribution is 0.687. The molecule has 59 valence electrons. The van der Waals surface area contributed by atoms with Crippen LogP contribution in [0.25, 0.3) is 0 Å². The van der Waals surface area contributed by atoms with Gasteiger partial charge in [0.25, 0.3) is 0 Å². The van der Waals surface area contributed by atoms with Crippen molar-refractivity contribution in [3.8, 4) is 0 Å². The Hall–Kier alpha value is -0.830. The molecular weight excluding hydrogens is 138 g/mol. The van der Waals surface area contributed by atoms with E-state index in [9.17, 15) is 0 Å². The normalized spacial score (nSPS) is 17.5. The fourth-order valence-corrected chi connectivity index (χ4v) is 1.49. The molecule has 0 bridgehead atoms. The molecule has 1 aromatic rings. The molecule has 0 fully saturated rings. The molecule has 2 rings (SSSR count).